The van der Waals surface area contributed by atoms with Crippen LogP contribution in [0.25, 0.3) is 0 Å². The second-order valence-corrected chi connectivity index (χ2v) is 15.2. The molecular formula is C37H64N2O7. The highest BCUT2D eigenvalue weighted by molar-refractivity contribution is 5.81. The fourth-order valence-corrected chi connectivity index (χ4v) is 6.20. The highest BCUT2D eigenvalue weighted by Gasteiger charge is 2.52. The molecule has 9 heteroatoms. The van der Waals surface area contributed by atoms with Gasteiger partial charge in [0, 0.05) is 32.1 Å². The number of amides is 2. The standard InChI is InChI=1S/C37H64N2O7/c1-13-15-19-36(8,9)33(41)38-24-31-29(39(37(10,11)45-31)34(42)46-35(5,6)7)23-28(25(3)4)32(40)27-18-17-26(14-2)30(22-27)44-21-16-20-43-12/h17-18,22,25,28-29,31-32,40H,13-16,19-21,23-24H2,1-12H3,(H,38,41)/t28-,29?,31?,32?/m0/s1. The van der Waals surface area contributed by atoms with Crippen LogP contribution in [0.3, 0.4) is 0 Å². The Bertz CT molecular complexity index is 1110. The molecule has 2 N–H and O–H groups in total. The minimum atomic E-state index is -0.988. The molecule has 1 fully saturated rings. The Hall–Kier alpha value is -2.36. The number of hydrogen-bond donors (Lipinski definition) is 2. The van der Waals surface area contributed by atoms with Crippen molar-refractivity contribution in [3.05, 3.63) is 29.3 Å². The lowest BCUT2D eigenvalue weighted by Gasteiger charge is -2.38. The van der Waals surface area contributed by atoms with Gasteiger partial charge in [0.2, 0.25) is 5.91 Å². The fourth-order valence-electron chi connectivity index (χ4n) is 6.20. The molecule has 1 heterocycles. The Labute approximate surface area is 279 Å². The Morgan fingerprint density at radius 3 is 2.33 bits per heavy atom. The van der Waals surface area contributed by atoms with Crippen molar-refractivity contribution in [1.82, 2.24) is 10.2 Å². The summed E-state index contributed by atoms with van der Waals surface area (Å²) in [5, 5.41) is 15.1. The summed E-state index contributed by atoms with van der Waals surface area (Å²) in [6, 6.07) is 5.49. The van der Waals surface area contributed by atoms with Gasteiger partial charge in [-0.2, -0.15) is 0 Å². The number of aliphatic hydroxyl groups is 1. The zero-order valence-corrected chi connectivity index (χ0v) is 30.8. The number of hydrogen-bond acceptors (Lipinski definition) is 7. The summed E-state index contributed by atoms with van der Waals surface area (Å²) in [5.74, 6) is 0.566. The van der Waals surface area contributed by atoms with Gasteiger partial charge in [-0.25, -0.2) is 4.79 Å². The van der Waals surface area contributed by atoms with Crippen LogP contribution in [0.5, 0.6) is 5.75 Å². The monoisotopic (exact) mass is 648 g/mol. The number of nitrogens with zero attached hydrogens (tertiary/aromatic N) is 1. The topological polar surface area (TPSA) is 107 Å². The van der Waals surface area contributed by atoms with Gasteiger partial charge in [-0.15, -0.1) is 0 Å². The van der Waals surface area contributed by atoms with E-state index < -0.39 is 41.1 Å². The number of ether oxygens (including phenoxy) is 4. The fraction of sp³-hybridized carbons (Fsp3) is 0.784. The van der Waals surface area contributed by atoms with Crippen LogP contribution in [0.1, 0.15) is 125 Å². The predicted molar refractivity (Wildman–Crippen MR) is 183 cm³/mol. The van der Waals surface area contributed by atoms with Crippen LogP contribution in [0, 0.1) is 17.3 Å². The van der Waals surface area contributed by atoms with E-state index in [1.54, 1.807) is 12.0 Å². The van der Waals surface area contributed by atoms with Crippen LogP contribution >= 0.6 is 0 Å². The number of methoxy groups -OCH3 is 1. The first-order valence-corrected chi connectivity index (χ1v) is 17.3. The van der Waals surface area contributed by atoms with Crippen LogP contribution in [-0.2, 0) is 25.4 Å². The SMILES string of the molecule is CCCCC(C)(C)C(=O)NCC1OC(C)(C)N(C(=O)OC(C)(C)C)C1C[C@@H](C(C)C)C(O)c1ccc(CC)c(OCCCOC)c1. The van der Waals surface area contributed by atoms with Gasteiger partial charge in [-0.1, -0.05) is 66.5 Å². The van der Waals surface area contributed by atoms with Crippen molar-refractivity contribution in [3.63, 3.8) is 0 Å². The number of unbranched alkanes of at least 4 members (excludes halogenated alkanes) is 1. The third-order valence-corrected chi connectivity index (χ3v) is 8.94. The average Bonchev–Trinajstić information content (AvgIpc) is 3.22. The van der Waals surface area contributed by atoms with Gasteiger partial charge in [-0.05, 0) is 82.9 Å². The molecule has 0 radical (unpaired) electrons. The molecule has 264 valence electrons. The Balaban J connectivity index is 2.44. The van der Waals surface area contributed by atoms with Gasteiger partial charge in [0.05, 0.1) is 24.9 Å². The molecule has 0 bridgehead atoms. The van der Waals surface area contributed by atoms with Crippen LogP contribution < -0.4 is 10.1 Å². The number of aliphatic hydroxyl groups excluding tert-OH is 1. The number of nitrogens with one attached hydrogen (secondary N) is 1. The van der Waals surface area contributed by atoms with Crippen molar-refractivity contribution in [2.75, 3.05) is 26.9 Å². The van der Waals surface area contributed by atoms with Gasteiger partial charge in [0.1, 0.15) is 17.1 Å². The molecule has 9 nitrogen and oxygen atoms in total. The number of aryl methyl sites for hydroxylation is 1. The molecule has 0 saturated carbocycles. The lowest BCUT2D eigenvalue weighted by atomic mass is 9.80. The van der Waals surface area contributed by atoms with Crippen LogP contribution in [0.15, 0.2) is 18.2 Å². The van der Waals surface area contributed by atoms with Crippen molar-refractivity contribution in [3.8, 4) is 5.75 Å². The summed E-state index contributed by atoms with van der Waals surface area (Å²) in [6.07, 6.45) is 3.01. The Morgan fingerprint density at radius 2 is 1.76 bits per heavy atom. The maximum atomic E-state index is 13.7. The largest absolute Gasteiger partial charge is 0.493 e. The van der Waals surface area contributed by atoms with E-state index in [0.717, 1.165) is 49.0 Å². The molecule has 4 atom stereocenters. The molecule has 0 aromatic heterocycles. The normalized spacial score (nSPS) is 19.7. The molecule has 2 amide bonds. The van der Waals surface area contributed by atoms with E-state index in [2.05, 4.69) is 33.0 Å². The molecule has 3 unspecified atom stereocenters. The van der Waals surface area contributed by atoms with E-state index in [1.165, 1.54) is 0 Å². The van der Waals surface area contributed by atoms with E-state index in [0.29, 0.717) is 19.6 Å². The summed E-state index contributed by atoms with van der Waals surface area (Å²) in [7, 11) is 1.67. The maximum absolute atomic E-state index is 13.7. The van der Waals surface area contributed by atoms with E-state index in [9.17, 15) is 14.7 Å². The van der Waals surface area contributed by atoms with Gasteiger partial charge < -0.3 is 29.4 Å². The first kappa shape index (κ1) is 39.8. The van der Waals surface area contributed by atoms with E-state index in [-0.39, 0.29) is 24.3 Å². The third kappa shape index (κ3) is 11.1. The smallest absolute Gasteiger partial charge is 0.412 e. The third-order valence-electron chi connectivity index (χ3n) is 8.94. The number of rotatable bonds is 17. The summed E-state index contributed by atoms with van der Waals surface area (Å²) < 4.78 is 23.7. The minimum absolute atomic E-state index is 0.0358. The first-order chi connectivity index (χ1) is 21.4. The zero-order chi connectivity index (χ0) is 34.9. The molecule has 1 saturated heterocycles. The predicted octanol–water partition coefficient (Wildman–Crippen LogP) is 7.43. The molecule has 1 aromatic rings. The highest BCUT2D eigenvalue weighted by atomic mass is 16.6. The molecule has 0 aliphatic carbocycles. The molecule has 1 aromatic carbocycles. The van der Waals surface area contributed by atoms with Crippen LogP contribution in [-0.4, -0.2) is 72.3 Å². The number of carbonyl (C=O) groups is 2. The van der Waals surface area contributed by atoms with E-state index >= 15 is 0 Å². The molecule has 1 aliphatic heterocycles. The van der Waals surface area contributed by atoms with Crippen molar-refractivity contribution in [2.24, 2.45) is 17.3 Å². The average molecular weight is 649 g/mol. The van der Waals surface area contributed by atoms with Crippen LogP contribution in [0.2, 0.25) is 0 Å². The molecule has 1 aliphatic rings. The number of benzene rings is 1. The van der Waals surface area contributed by atoms with Crippen molar-refractivity contribution in [1.29, 1.82) is 0 Å². The zero-order valence-electron chi connectivity index (χ0n) is 30.8. The summed E-state index contributed by atoms with van der Waals surface area (Å²) in [4.78, 5) is 28.7. The lowest BCUT2D eigenvalue weighted by molar-refractivity contribution is -0.131. The van der Waals surface area contributed by atoms with Crippen molar-refractivity contribution < 1.29 is 33.6 Å². The van der Waals surface area contributed by atoms with E-state index in [1.807, 2.05) is 66.7 Å². The van der Waals surface area contributed by atoms with E-state index in [4.69, 9.17) is 18.9 Å². The maximum Gasteiger partial charge on any atom is 0.412 e. The van der Waals surface area contributed by atoms with Gasteiger partial charge >= 0.3 is 6.09 Å². The summed E-state index contributed by atoms with van der Waals surface area (Å²) >= 11 is 0. The molecule has 2 rings (SSSR count). The molecule has 46 heavy (non-hydrogen) atoms. The minimum Gasteiger partial charge on any atom is -0.493 e. The second kappa shape index (κ2) is 17.2. The first-order valence-electron chi connectivity index (χ1n) is 17.3. The van der Waals surface area contributed by atoms with Gasteiger partial charge in [-0.3, -0.25) is 9.69 Å². The second-order valence-electron chi connectivity index (χ2n) is 15.2. The Morgan fingerprint density at radius 1 is 1.09 bits per heavy atom. The molecular weight excluding hydrogens is 584 g/mol. The summed E-state index contributed by atoms with van der Waals surface area (Å²) in [6.45, 7) is 22.9. The van der Waals surface area contributed by atoms with Crippen molar-refractivity contribution in [2.45, 2.75) is 144 Å². The van der Waals surface area contributed by atoms with Gasteiger partial charge in [0.15, 0.2) is 0 Å². The lowest BCUT2D eigenvalue weighted by Crippen LogP contribution is -2.52. The summed E-state index contributed by atoms with van der Waals surface area (Å²) in [5.41, 5.74) is -0.366. The van der Waals surface area contributed by atoms with Gasteiger partial charge in [0.25, 0.3) is 0 Å². The quantitative estimate of drug-likeness (QED) is 0.169. The van der Waals surface area contributed by atoms with Crippen molar-refractivity contribution >= 4 is 12.0 Å². The Kier molecular flexibility index (Phi) is 14.9. The number of carbonyl (C=O) groups excluding carboxylic acids is 2. The van der Waals surface area contributed by atoms with Crippen LogP contribution in [0.4, 0.5) is 4.79 Å². The molecule has 0 spiro atoms. The highest BCUT2D eigenvalue weighted by Crippen LogP contribution is 2.41.